The first-order valence-electron chi connectivity index (χ1n) is 8.13. The van der Waals surface area contributed by atoms with Crippen molar-refractivity contribution in [1.82, 2.24) is 0 Å². The zero-order valence-corrected chi connectivity index (χ0v) is 13.5. The van der Waals surface area contributed by atoms with Crippen molar-refractivity contribution in [1.29, 1.82) is 0 Å². The Labute approximate surface area is 144 Å². The smallest absolute Gasteiger partial charge is 0.316 e. The van der Waals surface area contributed by atoms with Gasteiger partial charge in [-0.1, -0.05) is 24.3 Å². The second-order valence-corrected chi connectivity index (χ2v) is 6.13. The van der Waals surface area contributed by atoms with Gasteiger partial charge in [-0.15, -0.1) is 0 Å². The first-order valence-corrected chi connectivity index (χ1v) is 8.13. The van der Waals surface area contributed by atoms with Gasteiger partial charge in [-0.3, -0.25) is 4.79 Å². The van der Waals surface area contributed by atoms with Crippen LogP contribution in [0.15, 0.2) is 54.6 Å². The highest BCUT2D eigenvalue weighted by molar-refractivity contribution is 6.10. The zero-order valence-electron chi connectivity index (χ0n) is 13.5. The number of hydrogen-bond acceptors (Lipinski definition) is 2. The van der Waals surface area contributed by atoms with Crippen LogP contribution in [0.2, 0.25) is 0 Å². The lowest BCUT2D eigenvalue weighted by atomic mass is 10.0. The molecule has 0 atom stereocenters. The minimum Gasteiger partial charge on any atom is -0.351 e. The molecule has 0 unspecified atom stereocenters. The molecule has 0 aromatic heterocycles. The molecule has 0 aliphatic heterocycles. The summed E-state index contributed by atoms with van der Waals surface area (Å²) < 4.78 is 0. The summed E-state index contributed by atoms with van der Waals surface area (Å²) in [7, 11) is 0. The molecule has 0 saturated heterocycles. The summed E-state index contributed by atoms with van der Waals surface area (Å²) in [4.78, 5) is 23.4. The number of urea groups is 1. The normalized spacial score (nSPS) is 12.2. The first kappa shape index (κ1) is 15.2. The van der Waals surface area contributed by atoms with Crippen molar-refractivity contribution in [3.63, 3.8) is 0 Å². The maximum Gasteiger partial charge on any atom is 0.316 e. The number of hydrogen-bond donors (Lipinski definition) is 3. The fourth-order valence-electron chi connectivity index (χ4n) is 3.40. The zero-order chi connectivity index (χ0) is 17.4. The van der Waals surface area contributed by atoms with Crippen LogP contribution >= 0.6 is 0 Å². The van der Waals surface area contributed by atoms with Crippen LogP contribution in [0.5, 0.6) is 0 Å². The second kappa shape index (κ2) is 5.94. The minimum atomic E-state index is -0.634. The average Bonchev–Trinajstić information content (AvgIpc) is 3.02. The Morgan fingerprint density at radius 2 is 1.56 bits per heavy atom. The molecule has 0 radical (unpaired) electrons. The topological polar surface area (TPSA) is 84.2 Å². The van der Waals surface area contributed by atoms with Crippen LogP contribution in [-0.4, -0.2) is 11.9 Å². The van der Waals surface area contributed by atoms with Crippen LogP contribution in [0.3, 0.4) is 0 Å². The highest BCUT2D eigenvalue weighted by Gasteiger charge is 2.17. The minimum absolute atomic E-state index is 0.190. The summed E-state index contributed by atoms with van der Waals surface area (Å²) in [5, 5.41) is 7.81. The molecule has 0 fully saturated rings. The summed E-state index contributed by atoms with van der Waals surface area (Å²) in [6.45, 7) is 0. The van der Waals surface area contributed by atoms with E-state index in [0.29, 0.717) is 11.3 Å². The quantitative estimate of drug-likeness (QED) is 0.684. The van der Waals surface area contributed by atoms with E-state index in [9.17, 15) is 9.59 Å². The van der Waals surface area contributed by atoms with E-state index in [1.54, 1.807) is 24.3 Å². The Balaban J connectivity index is 1.61. The van der Waals surface area contributed by atoms with E-state index in [1.807, 2.05) is 18.2 Å². The number of primary amides is 1. The predicted molar refractivity (Wildman–Crippen MR) is 99.0 cm³/mol. The lowest BCUT2D eigenvalue weighted by Crippen LogP contribution is -2.19. The van der Waals surface area contributed by atoms with Crippen LogP contribution < -0.4 is 16.4 Å². The molecule has 1 aliphatic carbocycles. The van der Waals surface area contributed by atoms with Gasteiger partial charge in [0.15, 0.2) is 0 Å². The van der Waals surface area contributed by atoms with Crippen molar-refractivity contribution >= 4 is 34.1 Å². The SMILES string of the molecule is NC(=O)Nc1ccc(C(=O)Nc2ccc3c4c(cccc24)CC3)cc1. The molecular weight excluding hydrogens is 314 g/mol. The number of carbonyl (C=O) groups excluding carboxylic acids is 2. The fraction of sp³-hybridized carbons (Fsp3) is 0.100. The van der Waals surface area contributed by atoms with Gasteiger partial charge in [0.05, 0.1) is 0 Å². The van der Waals surface area contributed by atoms with Gasteiger partial charge < -0.3 is 16.4 Å². The molecule has 3 aromatic carbocycles. The molecule has 1 aliphatic rings. The number of nitrogens with one attached hydrogen (secondary N) is 2. The molecule has 5 nitrogen and oxygen atoms in total. The molecule has 0 heterocycles. The van der Waals surface area contributed by atoms with Crippen LogP contribution in [0.4, 0.5) is 16.2 Å². The van der Waals surface area contributed by atoms with Gasteiger partial charge >= 0.3 is 6.03 Å². The van der Waals surface area contributed by atoms with Crippen molar-refractivity contribution in [2.75, 3.05) is 10.6 Å². The van der Waals surface area contributed by atoms with E-state index < -0.39 is 6.03 Å². The summed E-state index contributed by atoms with van der Waals surface area (Å²) in [6, 6.07) is 16.2. The molecule has 0 spiro atoms. The number of amides is 3. The molecule has 25 heavy (non-hydrogen) atoms. The Morgan fingerprint density at radius 3 is 2.28 bits per heavy atom. The van der Waals surface area contributed by atoms with Gasteiger partial charge in [0.25, 0.3) is 5.91 Å². The number of aryl methyl sites for hydroxylation is 2. The van der Waals surface area contributed by atoms with Gasteiger partial charge in [-0.05, 0) is 59.7 Å². The second-order valence-electron chi connectivity index (χ2n) is 6.13. The van der Waals surface area contributed by atoms with Crippen molar-refractivity contribution in [2.24, 2.45) is 5.73 Å². The summed E-state index contributed by atoms with van der Waals surface area (Å²) in [6.07, 6.45) is 2.11. The Hall–Kier alpha value is -3.34. The summed E-state index contributed by atoms with van der Waals surface area (Å²) >= 11 is 0. The molecule has 3 aromatic rings. The van der Waals surface area contributed by atoms with Crippen molar-refractivity contribution in [3.05, 3.63) is 71.3 Å². The van der Waals surface area contributed by atoms with Gasteiger partial charge in [0.2, 0.25) is 0 Å². The Bertz CT molecular complexity index is 983. The maximum absolute atomic E-state index is 12.6. The first-order chi connectivity index (χ1) is 12.1. The van der Waals surface area contributed by atoms with Gasteiger partial charge in [0.1, 0.15) is 0 Å². The van der Waals surface area contributed by atoms with Gasteiger partial charge in [-0.25, -0.2) is 4.79 Å². The van der Waals surface area contributed by atoms with Crippen LogP contribution in [-0.2, 0) is 12.8 Å². The number of nitrogens with two attached hydrogens (primary N) is 1. The molecule has 0 bridgehead atoms. The van der Waals surface area contributed by atoms with E-state index in [1.165, 1.54) is 16.5 Å². The van der Waals surface area contributed by atoms with E-state index >= 15 is 0 Å². The van der Waals surface area contributed by atoms with Crippen LogP contribution in [0.25, 0.3) is 10.8 Å². The molecule has 0 saturated carbocycles. The number of anilines is 2. The molecule has 124 valence electrons. The number of carbonyl (C=O) groups is 2. The third kappa shape index (κ3) is 2.80. The number of rotatable bonds is 3. The van der Waals surface area contributed by atoms with E-state index in [2.05, 4.69) is 22.8 Å². The van der Waals surface area contributed by atoms with E-state index in [-0.39, 0.29) is 5.91 Å². The molecule has 5 heteroatoms. The highest BCUT2D eigenvalue weighted by atomic mass is 16.2. The summed E-state index contributed by atoms with van der Waals surface area (Å²) in [5.41, 5.74) is 9.63. The summed E-state index contributed by atoms with van der Waals surface area (Å²) in [5.74, 6) is -0.190. The lowest BCUT2D eigenvalue weighted by molar-refractivity contribution is 0.102. The lowest BCUT2D eigenvalue weighted by Gasteiger charge is -2.11. The van der Waals surface area contributed by atoms with Crippen LogP contribution in [0, 0.1) is 0 Å². The largest absolute Gasteiger partial charge is 0.351 e. The third-order valence-electron chi connectivity index (χ3n) is 4.54. The molecule has 4 rings (SSSR count). The average molecular weight is 331 g/mol. The van der Waals surface area contributed by atoms with Crippen molar-refractivity contribution in [3.8, 4) is 0 Å². The monoisotopic (exact) mass is 331 g/mol. The molecule has 4 N–H and O–H groups in total. The fourth-order valence-corrected chi connectivity index (χ4v) is 3.40. The van der Waals surface area contributed by atoms with Gasteiger partial charge in [0, 0.05) is 22.3 Å². The number of benzene rings is 3. The predicted octanol–water partition coefficient (Wildman–Crippen LogP) is 3.68. The highest BCUT2D eigenvalue weighted by Crippen LogP contribution is 2.35. The Morgan fingerprint density at radius 1 is 0.840 bits per heavy atom. The standard InChI is InChI=1S/C20H17N3O2/c21-20(25)22-15-9-6-14(7-10-15)19(24)23-17-11-8-13-5-4-12-2-1-3-16(17)18(12)13/h1-3,6-11H,4-5H2,(H,23,24)(H3,21,22,25). The van der Waals surface area contributed by atoms with Crippen LogP contribution in [0.1, 0.15) is 21.5 Å². The van der Waals surface area contributed by atoms with E-state index in [4.69, 9.17) is 5.73 Å². The van der Waals surface area contributed by atoms with Crippen molar-refractivity contribution < 1.29 is 9.59 Å². The Kier molecular flexibility index (Phi) is 3.61. The maximum atomic E-state index is 12.6. The van der Waals surface area contributed by atoms with Gasteiger partial charge in [-0.2, -0.15) is 0 Å². The van der Waals surface area contributed by atoms with E-state index in [0.717, 1.165) is 23.9 Å². The molecular formula is C20H17N3O2. The third-order valence-corrected chi connectivity index (χ3v) is 4.54. The van der Waals surface area contributed by atoms with Crippen molar-refractivity contribution in [2.45, 2.75) is 12.8 Å². The molecule has 3 amide bonds.